The van der Waals surface area contributed by atoms with Crippen molar-refractivity contribution in [2.24, 2.45) is 11.8 Å². The number of aryl methyl sites for hydroxylation is 1. The van der Waals surface area contributed by atoms with E-state index in [9.17, 15) is 9.90 Å². The van der Waals surface area contributed by atoms with Crippen molar-refractivity contribution in [2.45, 2.75) is 37.5 Å². The van der Waals surface area contributed by atoms with Gasteiger partial charge in [-0.05, 0) is 79.3 Å². The zero-order chi connectivity index (χ0) is 22.3. The second-order valence-electron chi connectivity index (χ2n) is 9.39. The molecular formula is C25H29ClN2O4. The van der Waals surface area contributed by atoms with E-state index in [-0.39, 0.29) is 17.7 Å². The second kappa shape index (κ2) is 8.56. The lowest BCUT2D eigenvalue weighted by molar-refractivity contribution is 0.0594. The SMILES string of the molecule is COC(=O)c1ccc2c(n1)N(C[C@@H]1CC[C@H]1CO)C[C@@]1(CCCc3cc(Cl)ccc31)CO2. The maximum Gasteiger partial charge on any atom is 0.356 e. The number of aromatic nitrogens is 1. The van der Waals surface area contributed by atoms with Crippen molar-refractivity contribution in [1.82, 2.24) is 4.98 Å². The van der Waals surface area contributed by atoms with Crippen LogP contribution in [0.5, 0.6) is 5.75 Å². The molecule has 0 saturated heterocycles. The van der Waals surface area contributed by atoms with Crippen molar-refractivity contribution >= 4 is 23.4 Å². The number of carbonyl (C=O) groups is 1. The van der Waals surface area contributed by atoms with Crippen LogP contribution in [0.25, 0.3) is 0 Å². The molecule has 5 rings (SSSR count). The lowest BCUT2D eigenvalue weighted by Crippen LogP contribution is -2.49. The smallest absolute Gasteiger partial charge is 0.356 e. The Kier molecular flexibility index (Phi) is 5.76. The van der Waals surface area contributed by atoms with Crippen LogP contribution in [0.4, 0.5) is 5.82 Å². The first-order valence-electron chi connectivity index (χ1n) is 11.4. The van der Waals surface area contributed by atoms with Crippen molar-refractivity contribution < 1.29 is 19.4 Å². The van der Waals surface area contributed by atoms with Crippen molar-refractivity contribution in [3.05, 3.63) is 52.2 Å². The first-order valence-corrected chi connectivity index (χ1v) is 11.8. The summed E-state index contributed by atoms with van der Waals surface area (Å²) in [5.41, 5.74) is 2.69. The lowest BCUT2D eigenvalue weighted by atomic mass is 9.69. The number of ether oxygens (including phenoxy) is 2. The van der Waals surface area contributed by atoms with Gasteiger partial charge in [-0.2, -0.15) is 0 Å². The van der Waals surface area contributed by atoms with Gasteiger partial charge in [0, 0.05) is 30.1 Å². The van der Waals surface area contributed by atoms with E-state index in [0.29, 0.717) is 30.0 Å². The van der Waals surface area contributed by atoms with Crippen LogP contribution in [-0.4, -0.2) is 49.5 Å². The minimum Gasteiger partial charge on any atom is -0.489 e. The highest BCUT2D eigenvalue weighted by atomic mass is 35.5. The number of halogens is 1. The van der Waals surface area contributed by atoms with Crippen LogP contribution in [0.15, 0.2) is 30.3 Å². The average molecular weight is 457 g/mol. The number of fused-ring (bicyclic) bond motifs is 3. The summed E-state index contributed by atoms with van der Waals surface area (Å²) < 4.78 is 11.3. The van der Waals surface area contributed by atoms with Crippen molar-refractivity contribution in [1.29, 1.82) is 0 Å². The number of hydrogen-bond acceptors (Lipinski definition) is 6. The zero-order valence-electron chi connectivity index (χ0n) is 18.3. The topological polar surface area (TPSA) is 71.9 Å². The molecule has 0 bridgehead atoms. The van der Waals surface area contributed by atoms with Gasteiger partial charge in [0.25, 0.3) is 0 Å². The Bertz CT molecular complexity index is 1030. The van der Waals surface area contributed by atoms with Crippen LogP contribution in [0.3, 0.4) is 0 Å². The van der Waals surface area contributed by atoms with Crippen LogP contribution in [0.1, 0.15) is 47.3 Å². The molecule has 1 aromatic heterocycles. The molecule has 3 aliphatic rings. The van der Waals surface area contributed by atoms with Gasteiger partial charge in [-0.15, -0.1) is 0 Å². The summed E-state index contributed by atoms with van der Waals surface area (Å²) in [4.78, 5) is 19.1. The lowest BCUT2D eigenvalue weighted by Gasteiger charge is -2.43. The highest BCUT2D eigenvalue weighted by Crippen LogP contribution is 2.45. The molecule has 1 N–H and O–H groups in total. The van der Waals surface area contributed by atoms with E-state index in [1.165, 1.54) is 18.2 Å². The highest BCUT2D eigenvalue weighted by Gasteiger charge is 2.43. The Hall–Kier alpha value is -2.31. The molecule has 7 heteroatoms. The third kappa shape index (κ3) is 3.73. The first-order chi connectivity index (χ1) is 15.5. The molecule has 1 saturated carbocycles. The number of nitrogens with zero attached hydrogens (tertiary/aromatic N) is 2. The normalized spacial score (nSPS) is 26.4. The molecular weight excluding hydrogens is 428 g/mol. The minimum absolute atomic E-state index is 0.178. The van der Waals surface area contributed by atoms with Gasteiger partial charge in [0.2, 0.25) is 0 Å². The fourth-order valence-electron chi connectivity index (χ4n) is 5.60. The third-order valence-corrected chi connectivity index (χ3v) is 7.77. The summed E-state index contributed by atoms with van der Waals surface area (Å²) >= 11 is 6.31. The van der Waals surface area contributed by atoms with Gasteiger partial charge in [-0.1, -0.05) is 17.7 Å². The largest absolute Gasteiger partial charge is 0.489 e. The molecule has 1 aliphatic heterocycles. The molecule has 1 fully saturated rings. The average Bonchev–Trinajstić information content (AvgIpc) is 2.93. The fraction of sp³-hybridized carbons (Fsp3) is 0.520. The Morgan fingerprint density at radius 2 is 2.16 bits per heavy atom. The number of aliphatic hydroxyl groups is 1. The van der Waals surface area contributed by atoms with Gasteiger partial charge >= 0.3 is 5.97 Å². The number of rotatable bonds is 4. The molecule has 6 nitrogen and oxygen atoms in total. The number of benzene rings is 1. The molecule has 0 radical (unpaired) electrons. The molecule has 2 heterocycles. The Morgan fingerprint density at radius 1 is 1.31 bits per heavy atom. The van der Waals surface area contributed by atoms with E-state index in [0.717, 1.165) is 50.2 Å². The Labute approximate surface area is 193 Å². The molecule has 2 aliphatic carbocycles. The number of hydrogen-bond donors (Lipinski definition) is 1. The monoisotopic (exact) mass is 456 g/mol. The molecule has 3 atom stereocenters. The zero-order valence-corrected chi connectivity index (χ0v) is 19.1. The van der Waals surface area contributed by atoms with E-state index >= 15 is 0 Å². The summed E-state index contributed by atoms with van der Waals surface area (Å²) in [5, 5.41) is 10.5. The van der Waals surface area contributed by atoms with Crippen molar-refractivity contribution in [2.75, 3.05) is 38.3 Å². The summed E-state index contributed by atoms with van der Waals surface area (Å²) in [6, 6.07) is 9.70. The Balaban J connectivity index is 1.56. The van der Waals surface area contributed by atoms with Crippen LogP contribution in [-0.2, 0) is 16.6 Å². The number of anilines is 1. The van der Waals surface area contributed by atoms with Gasteiger partial charge in [-0.25, -0.2) is 9.78 Å². The van der Waals surface area contributed by atoms with Crippen LogP contribution >= 0.6 is 11.6 Å². The fourth-order valence-corrected chi connectivity index (χ4v) is 5.79. The summed E-state index contributed by atoms with van der Waals surface area (Å²) in [6.07, 6.45) is 5.26. The second-order valence-corrected chi connectivity index (χ2v) is 9.83. The molecule has 170 valence electrons. The molecule has 2 aromatic rings. The first kappa shape index (κ1) is 21.5. The van der Waals surface area contributed by atoms with E-state index in [1.54, 1.807) is 6.07 Å². The standard InChI is InChI=1S/C25H29ClN2O4/c1-31-24(30)21-8-9-22-23(27-21)28(12-17-4-5-18(17)13-29)14-25(15-32-22)10-2-3-16-11-19(26)6-7-20(16)25/h6-9,11,17-18,29H,2-5,10,12-15H2,1H3/t17-,18-,25-/m0/s1. The Morgan fingerprint density at radius 3 is 2.91 bits per heavy atom. The number of pyridine rings is 1. The summed E-state index contributed by atoms with van der Waals surface area (Å²) in [7, 11) is 1.36. The number of aliphatic hydroxyl groups excluding tert-OH is 1. The highest BCUT2D eigenvalue weighted by molar-refractivity contribution is 6.30. The van der Waals surface area contributed by atoms with Gasteiger partial charge in [-0.3, -0.25) is 0 Å². The van der Waals surface area contributed by atoms with Gasteiger partial charge < -0.3 is 19.5 Å². The molecule has 0 unspecified atom stereocenters. The van der Waals surface area contributed by atoms with Crippen LogP contribution in [0.2, 0.25) is 5.02 Å². The molecule has 1 aromatic carbocycles. The predicted molar refractivity (Wildman–Crippen MR) is 123 cm³/mol. The number of methoxy groups -OCH3 is 1. The van der Waals surface area contributed by atoms with E-state index in [1.807, 2.05) is 12.1 Å². The third-order valence-electron chi connectivity index (χ3n) is 7.54. The number of esters is 1. The van der Waals surface area contributed by atoms with Gasteiger partial charge in [0.05, 0.1) is 13.7 Å². The molecule has 1 spiro atoms. The predicted octanol–water partition coefficient (Wildman–Crippen LogP) is 4.01. The van der Waals surface area contributed by atoms with E-state index < -0.39 is 5.97 Å². The van der Waals surface area contributed by atoms with Crippen LogP contribution in [0, 0.1) is 11.8 Å². The summed E-state index contributed by atoms with van der Waals surface area (Å²) in [5.74, 6) is 1.64. The van der Waals surface area contributed by atoms with Crippen molar-refractivity contribution in [3.63, 3.8) is 0 Å². The minimum atomic E-state index is -0.457. The summed E-state index contributed by atoms with van der Waals surface area (Å²) in [6.45, 7) is 2.30. The maximum absolute atomic E-state index is 12.2. The molecule has 32 heavy (non-hydrogen) atoms. The maximum atomic E-state index is 12.2. The van der Waals surface area contributed by atoms with Gasteiger partial charge in [0.1, 0.15) is 0 Å². The quantitative estimate of drug-likeness (QED) is 0.701. The van der Waals surface area contributed by atoms with Crippen LogP contribution < -0.4 is 9.64 Å². The molecule has 0 amide bonds. The van der Waals surface area contributed by atoms with E-state index in [4.69, 9.17) is 21.1 Å². The number of carbonyl (C=O) groups excluding carboxylic acids is 1. The van der Waals surface area contributed by atoms with Gasteiger partial charge in [0.15, 0.2) is 17.3 Å². The van der Waals surface area contributed by atoms with Crippen molar-refractivity contribution in [3.8, 4) is 5.75 Å². The van der Waals surface area contributed by atoms with E-state index in [2.05, 4.69) is 22.0 Å².